The average molecular weight is 270 g/mol. The molecule has 0 spiro atoms. The maximum Gasteiger partial charge on any atom is 0.0327 e. The van der Waals surface area contributed by atoms with Gasteiger partial charge in [0.05, 0.1) is 0 Å². The molecule has 4 bridgehead atoms. The third kappa shape index (κ3) is 1.92. The number of rotatable bonds is 3. The summed E-state index contributed by atoms with van der Waals surface area (Å²) in [6, 6.07) is 4.37. The Morgan fingerprint density at radius 2 is 1.55 bits per heavy atom. The summed E-state index contributed by atoms with van der Waals surface area (Å²) in [5.74, 6) is 3.62. The van der Waals surface area contributed by atoms with Crippen molar-refractivity contribution in [2.45, 2.75) is 51.5 Å². The first-order valence-corrected chi connectivity index (χ1v) is 8.32. The SMILES string of the molecule is CC(C(N)c1ccncc1)C12CC3CC(CC(C3)C1)C2. The van der Waals surface area contributed by atoms with Crippen LogP contribution in [0.1, 0.15) is 57.1 Å². The minimum absolute atomic E-state index is 0.175. The van der Waals surface area contributed by atoms with Crippen molar-refractivity contribution in [3.05, 3.63) is 30.1 Å². The van der Waals surface area contributed by atoms with Gasteiger partial charge in [0.2, 0.25) is 0 Å². The molecule has 2 heteroatoms. The van der Waals surface area contributed by atoms with Gasteiger partial charge in [-0.3, -0.25) is 4.98 Å². The highest BCUT2D eigenvalue weighted by Crippen LogP contribution is 2.63. The first-order valence-electron chi connectivity index (χ1n) is 8.32. The van der Waals surface area contributed by atoms with Gasteiger partial charge in [-0.25, -0.2) is 0 Å². The Bertz CT molecular complexity index is 446. The van der Waals surface area contributed by atoms with E-state index in [2.05, 4.69) is 24.0 Å². The molecule has 0 aromatic carbocycles. The lowest BCUT2D eigenvalue weighted by molar-refractivity contribution is -0.0886. The van der Waals surface area contributed by atoms with Crippen LogP contribution in [0.3, 0.4) is 0 Å². The minimum Gasteiger partial charge on any atom is -0.324 e. The number of nitrogens with two attached hydrogens (primary N) is 1. The summed E-state index contributed by atoms with van der Waals surface area (Å²) in [5, 5.41) is 0. The van der Waals surface area contributed by atoms with Gasteiger partial charge in [0.1, 0.15) is 0 Å². The molecule has 0 aliphatic heterocycles. The molecule has 2 atom stereocenters. The van der Waals surface area contributed by atoms with Crippen molar-refractivity contribution in [1.82, 2.24) is 4.98 Å². The third-order valence-corrected chi connectivity index (χ3v) is 6.68. The van der Waals surface area contributed by atoms with Gasteiger partial charge in [0.25, 0.3) is 0 Å². The highest BCUT2D eigenvalue weighted by atomic mass is 14.7. The highest BCUT2D eigenvalue weighted by Gasteiger charge is 2.53. The molecule has 4 saturated carbocycles. The van der Waals surface area contributed by atoms with Crippen molar-refractivity contribution in [3.8, 4) is 0 Å². The van der Waals surface area contributed by atoms with Gasteiger partial charge in [0.15, 0.2) is 0 Å². The fourth-order valence-electron chi connectivity index (χ4n) is 5.99. The number of nitrogens with zero attached hydrogens (tertiary/aromatic N) is 1. The standard InChI is InChI=1S/C18H26N2/c1-12(17(19)16-2-4-20-5-3-16)18-9-13-6-14(10-18)8-15(7-13)11-18/h2-5,12-15,17H,6-11,19H2,1H3. The van der Waals surface area contributed by atoms with Crippen LogP contribution in [0.2, 0.25) is 0 Å². The van der Waals surface area contributed by atoms with Crippen molar-refractivity contribution in [2.75, 3.05) is 0 Å². The minimum atomic E-state index is 0.175. The van der Waals surface area contributed by atoms with Crippen LogP contribution in [0.25, 0.3) is 0 Å². The molecule has 4 aliphatic rings. The topological polar surface area (TPSA) is 38.9 Å². The van der Waals surface area contributed by atoms with E-state index in [0.29, 0.717) is 11.3 Å². The fraction of sp³-hybridized carbons (Fsp3) is 0.722. The Morgan fingerprint density at radius 1 is 1.05 bits per heavy atom. The number of hydrogen-bond donors (Lipinski definition) is 1. The molecule has 2 N–H and O–H groups in total. The second-order valence-electron chi connectivity index (χ2n) is 7.87. The monoisotopic (exact) mass is 270 g/mol. The summed E-state index contributed by atoms with van der Waals surface area (Å²) >= 11 is 0. The summed E-state index contributed by atoms with van der Waals surface area (Å²) in [5.41, 5.74) is 8.44. The van der Waals surface area contributed by atoms with E-state index in [0.717, 1.165) is 17.8 Å². The van der Waals surface area contributed by atoms with Gasteiger partial charge in [-0.05, 0) is 85.3 Å². The van der Waals surface area contributed by atoms with E-state index >= 15 is 0 Å². The lowest BCUT2D eigenvalue weighted by Gasteiger charge is -2.60. The third-order valence-electron chi connectivity index (χ3n) is 6.68. The molecule has 5 rings (SSSR count). The maximum absolute atomic E-state index is 6.63. The maximum atomic E-state index is 6.63. The van der Waals surface area contributed by atoms with Crippen LogP contribution in [0.5, 0.6) is 0 Å². The van der Waals surface area contributed by atoms with E-state index in [-0.39, 0.29) is 6.04 Å². The van der Waals surface area contributed by atoms with E-state index < -0.39 is 0 Å². The number of hydrogen-bond acceptors (Lipinski definition) is 2. The summed E-state index contributed by atoms with van der Waals surface area (Å²) in [6.45, 7) is 2.41. The summed E-state index contributed by atoms with van der Waals surface area (Å²) < 4.78 is 0. The summed E-state index contributed by atoms with van der Waals surface area (Å²) in [7, 11) is 0. The molecule has 2 nitrogen and oxygen atoms in total. The van der Waals surface area contributed by atoms with E-state index in [1.54, 1.807) is 0 Å². The molecule has 0 saturated heterocycles. The number of aromatic nitrogens is 1. The van der Waals surface area contributed by atoms with Crippen molar-refractivity contribution < 1.29 is 0 Å². The highest BCUT2D eigenvalue weighted by molar-refractivity contribution is 5.17. The lowest BCUT2D eigenvalue weighted by Crippen LogP contribution is -2.51. The Morgan fingerprint density at radius 3 is 2.05 bits per heavy atom. The predicted octanol–water partition coefficient (Wildman–Crippen LogP) is 3.93. The molecule has 0 amide bonds. The molecule has 108 valence electrons. The van der Waals surface area contributed by atoms with Gasteiger partial charge in [0, 0.05) is 18.4 Å². The van der Waals surface area contributed by atoms with Crippen LogP contribution in [0, 0.1) is 29.1 Å². The molecule has 20 heavy (non-hydrogen) atoms. The van der Waals surface area contributed by atoms with Crippen molar-refractivity contribution >= 4 is 0 Å². The Balaban J connectivity index is 1.60. The van der Waals surface area contributed by atoms with E-state index in [1.807, 2.05) is 12.4 Å². The predicted molar refractivity (Wildman–Crippen MR) is 80.9 cm³/mol. The lowest BCUT2D eigenvalue weighted by atomic mass is 9.46. The normalized spacial score (nSPS) is 41.6. The molecule has 1 aromatic heterocycles. The van der Waals surface area contributed by atoms with E-state index in [1.165, 1.54) is 44.1 Å². The molecule has 0 radical (unpaired) electrons. The van der Waals surface area contributed by atoms with Crippen molar-refractivity contribution in [1.29, 1.82) is 0 Å². The summed E-state index contributed by atoms with van der Waals surface area (Å²) in [4.78, 5) is 4.12. The second-order valence-corrected chi connectivity index (χ2v) is 7.87. The van der Waals surface area contributed by atoms with Crippen LogP contribution < -0.4 is 5.73 Å². The van der Waals surface area contributed by atoms with Crippen molar-refractivity contribution in [2.24, 2.45) is 34.8 Å². The second kappa shape index (κ2) is 4.56. The first kappa shape index (κ1) is 12.8. The van der Waals surface area contributed by atoms with Gasteiger partial charge < -0.3 is 5.73 Å². The van der Waals surface area contributed by atoms with Crippen LogP contribution in [0.4, 0.5) is 0 Å². The largest absolute Gasteiger partial charge is 0.324 e. The zero-order valence-corrected chi connectivity index (χ0v) is 12.5. The van der Waals surface area contributed by atoms with Gasteiger partial charge in [-0.1, -0.05) is 6.92 Å². The van der Waals surface area contributed by atoms with E-state index in [4.69, 9.17) is 5.73 Å². The fourth-order valence-corrected chi connectivity index (χ4v) is 5.99. The van der Waals surface area contributed by atoms with Gasteiger partial charge in [-0.2, -0.15) is 0 Å². The molecule has 2 unspecified atom stereocenters. The van der Waals surface area contributed by atoms with Crippen LogP contribution in [-0.2, 0) is 0 Å². The van der Waals surface area contributed by atoms with Crippen LogP contribution >= 0.6 is 0 Å². The van der Waals surface area contributed by atoms with Gasteiger partial charge in [-0.15, -0.1) is 0 Å². The zero-order chi connectivity index (χ0) is 13.7. The Labute approximate surface area is 122 Å². The first-order chi connectivity index (χ1) is 9.66. The Hall–Kier alpha value is -0.890. The van der Waals surface area contributed by atoms with Crippen LogP contribution in [0.15, 0.2) is 24.5 Å². The molecule has 1 heterocycles. The summed E-state index contributed by atoms with van der Waals surface area (Å²) in [6.07, 6.45) is 12.6. The average Bonchev–Trinajstić information content (AvgIpc) is 2.45. The Kier molecular flexibility index (Phi) is 2.92. The number of pyridine rings is 1. The molecular formula is C18H26N2. The quantitative estimate of drug-likeness (QED) is 0.903. The zero-order valence-electron chi connectivity index (χ0n) is 12.5. The molecular weight excluding hydrogens is 244 g/mol. The molecule has 1 aromatic rings. The smallest absolute Gasteiger partial charge is 0.0327 e. The van der Waals surface area contributed by atoms with Gasteiger partial charge >= 0.3 is 0 Å². The molecule has 4 fully saturated rings. The van der Waals surface area contributed by atoms with Crippen LogP contribution in [-0.4, -0.2) is 4.98 Å². The van der Waals surface area contributed by atoms with Crippen molar-refractivity contribution in [3.63, 3.8) is 0 Å². The van der Waals surface area contributed by atoms with E-state index in [9.17, 15) is 0 Å². The molecule has 4 aliphatic carbocycles.